The average molecular weight is 624 g/mol. The van der Waals surface area contributed by atoms with Gasteiger partial charge in [0.25, 0.3) is 10.0 Å². The number of hydrogen-bond donors (Lipinski definition) is 1. The summed E-state index contributed by atoms with van der Waals surface area (Å²) in [6.07, 6.45) is -4.67. The molecule has 0 aliphatic carbocycles. The molecule has 0 aliphatic rings. The van der Waals surface area contributed by atoms with Gasteiger partial charge in [0.2, 0.25) is 11.8 Å². The predicted molar refractivity (Wildman–Crippen MR) is 157 cm³/mol. The van der Waals surface area contributed by atoms with Crippen molar-refractivity contribution < 1.29 is 31.2 Å². The molecule has 0 bridgehead atoms. The minimum absolute atomic E-state index is 0.0246. The lowest BCUT2D eigenvalue weighted by molar-refractivity contribution is -0.140. The van der Waals surface area contributed by atoms with E-state index in [1.807, 2.05) is 19.1 Å². The number of carbonyl (C=O) groups excluding carboxylic acids is 2. The zero-order chi connectivity index (χ0) is 31.2. The van der Waals surface area contributed by atoms with Crippen molar-refractivity contribution in [3.05, 3.63) is 94.5 Å². The number of anilines is 1. The third-order valence-electron chi connectivity index (χ3n) is 6.57. The third kappa shape index (κ3) is 7.83. The lowest BCUT2D eigenvalue weighted by Crippen LogP contribution is -2.53. The number of hydrogen-bond acceptors (Lipinski definition) is 4. The summed E-state index contributed by atoms with van der Waals surface area (Å²) >= 11 is 5.81. The zero-order valence-corrected chi connectivity index (χ0v) is 25.2. The molecule has 3 aromatic carbocycles. The van der Waals surface area contributed by atoms with Crippen LogP contribution in [0.4, 0.5) is 18.9 Å². The van der Waals surface area contributed by atoms with E-state index < -0.39 is 56.9 Å². The maximum absolute atomic E-state index is 14.1. The second kappa shape index (κ2) is 13.6. The van der Waals surface area contributed by atoms with Crippen LogP contribution in [0.5, 0.6) is 0 Å². The van der Waals surface area contributed by atoms with Gasteiger partial charge in [0.05, 0.1) is 21.2 Å². The number of halogens is 4. The topological polar surface area (TPSA) is 86.8 Å². The number of carbonyl (C=O) groups is 2. The van der Waals surface area contributed by atoms with Gasteiger partial charge in [-0.25, -0.2) is 8.42 Å². The van der Waals surface area contributed by atoms with Crippen LogP contribution in [0.15, 0.2) is 77.7 Å². The quantitative estimate of drug-likeness (QED) is 0.276. The van der Waals surface area contributed by atoms with Gasteiger partial charge in [0, 0.05) is 12.6 Å². The van der Waals surface area contributed by atoms with Crippen LogP contribution >= 0.6 is 11.6 Å². The SMILES string of the molecule is CC[C@H](C(=O)NC(C)C)N(Cc1ccccc1C)C(=O)CN(c1ccc(Cl)c(C(F)(F)F)c1)S(=O)(=O)c1ccccc1. The van der Waals surface area contributed by atoms with Gasteiger partial charge in [-0.1, -0.05) is 61.0 Å². The van der Waals surface area contributed by atoms with E-state index in [0.717, 1.165) is 23.3 Å². The summed E-state index contributed by atoms with van der Waals surface area (Å²) in [7, 11) is -4.54. The van der Waals surface area contributed by atoms with Crippen LogP contribution in [0.1, 0.15) is 43.9 Å². The van der Waals surface area contributed by atoms with Crippen LogP contribution in [0.3, 0.4) is 0 Å². The molecule has 7 nitrogen and oxygen atoms in total. The second-order valence-electron chi connectivity index (χ2n) is 10.0. The number of nitrogens with one attached hydrogen (secondary N) is 1. The molecule has 0 fully saturated rings. The molecule has 1 N–H and O–H groups in total. The van der Waals surface area contributed by atoms with E-state index in [9.17, 15) is 31.2 Å². The van der Waals surface area contributed by atoms with Crippen molar-refractivity contribution in [2.75, 3.05) is 10.8 Å². The molecule has 0 aliphatic heterocycles. The monoisotopic (exact) mass is 623 g/mol. The van der Waals surface area contributed by atoms with E-state index in [2.05, 4.69) is 5.32 Å². The van der Waals surface area contributed by atoms with Crippen molar-refractivity contribution in [3.8, 4) is 0 Å². The molecule has 0 spiro atoms. The number of aryl methyl sites for hydroxylation is 1. The molecule has 0 saturated carbocycles. The highest BCUT2D eigenvalue weighted by atomic mass is 35.5. The summed E-state index contributed by atoms with van der Waals surface area (Å²) in [5.74, 6) is -1.20. The Morgan fingerprint density at radius 1 is 0.976 bits per heavy atom. The highest BCUT2D eigenvalue weighted by Gasteiger charge is 2.37. The number of alkyl halides is 3. The first-order valence-electron chi connectivity index (χ1n) is 13.3. The van der Waals surface area contributed by atoms with E-state index in [-0.39, 0.29) is 23.9 Å². The summed E-state index contributed by atoms with van der Waals surface area (Å²) < 4.78 is 69.5. The van der Waals surface area contributed by atoms with Crippen LogP contribution in [0.2, 0.25) is 5.02 Å². The number of sulfonamides is 1. The lowest BCUT2D eigenvalue weighted by Gasteiger charge is -2.34. The van der Waals surface area contributed by atoms with Crippen molar-refractivity contribution in [2.45, 2.75) is 63.8 Å². The highest BCUT2D eigenvalue weighted by molar-refractivity contribution is 7.92. The molecule has 0 unspecified atom stereocenters. The molecule has 0 heterocycles. The van der Waals surface area contributed by atoms with E-state index >= 15 is 0 Å². The fourth-order valence-electron chi connectivity index (χ4n) is 4.41. The number of amides is 2. The van der Waals surface area contributed by atoms with Gasteiger partial charge in [-0.3, -0.25) is 13.9 Å². The molecular weight excluding hydrogens is 591 g/mol. The molecule has 2 amide bonds. The van der Waals surface area contributed by atoms with Crippen LogP contribution in [-0.4, -0.2) is 43.8 Å². The Morgan fingerprint density at radius 2 is 1.60 bits per heavy atom. The van der Waals surface area contributed by atoms with E-state index in [1.165, 1.54) is 29.2 Å². The molecule has 12 heteroatoms. The van der Waals surface area contributed by atoms with Crippen LogP contribution in [-0.2, 0) is 32.3 Å². The average Bonchev–Trinajstić information content (AvgIpc) is 2.92. The minimum Gasteiger partial charge on any atom is -0.352 e. The van der Waals surface area contributed by atoms with Gasteiger partial charge in [0.1, 0.15) is 12.6 Å². The van der Waals surface area contributed by atoms with Crippen molar-refractivity contribution in [2.24, 2.45) is 0 Å². The lowest BCUT2D eigenvalue weighted by atomic mass is 10.1. The van der Waals surface area contributed by atoms with Gasteiger partial charge in [0.15, 0.2) is 0 Å². The summed E-state index contributed by atoms with van der Waals surface area (Å²) in [6.45, 7) is 6.20. The highest BCUT2D eigenvalue weighted by Crippen LogP contribution is 2.38. The Hall–Kier alpha value is -3.57. The van der Waals surface area contributed by atoms with Gasteiger partial charge < -0.3 is 10.2 Å². The van der Waals surface area contributed by atoms with Gasteiger partial charge in [-0.15, -0.1) is 0 Å². The largest absolute Gasteiger partial charge is 0.417 e. The standard InChI is InChI=1S/C30H33ClF3N3O4S/c1-5-27(29(39)35-20(2)3)36(18-22-12-10-9-11-21(22)4)28(38)19-37(42(40,41)24-13-7-6-8-14-24)23-15-16-26(31)25(17-23)30(32,33)34/h6-17,20,27H,5,18-19H2,1-4H3,(H,35,39)/t27-/m1/s1. The molecule has 226 valence electrons. The summed E-state index contributed by atoms with van der Waals surface area (Å²) in [5.41, 5.74) is -0.0815. The van der Waals surface area contributed by atoms with Crippen molar-refractivity contribution >= 4 is 39.1 Å². The first-order chi connectivity index (χ1) is 19.7. The molecule has 3 rings (SSSR count). The smallest absolute Gasteiger partial charge is 0.352 e. The number of benzene rings is 3. The van der Waals surface area contributed by atoms with Gasteiger partial charge in [-0.2, -0.15) is 13.2 Å². The van der Waals surface area contributed by atoms with Gasteiger partial charge >= 0.3 is 6.18 Å². The first-order valence-corrected chi connectivity index (χ1v) is 15.1. The number of nitrogens with zero attached hydrogens (tertiary/aromatic N) is 2. The molecule has 3 aromatic rings. The minimum atomic E-state index is -4.88. The Kier molecular flexibility index (Phi) is 10.7. The summed E-state index contributed by atoms with van der Waals surface area (Å²) in [4.78, 5) is 28.3. The van der Waals surface area contributed by atoms with Gasteiger partial charge in [-0.05, 0) is 68.7 Å². The summed E-state index contributed by atoms with van der Waals surface area (Å²) in [6, 6.07) is 15.7. The van der Waals surface area contributed by atoms with Crippen LogP contribution in [0, 0.1) is 6.92 Å². The van der Waals surface area contributed by atoms with Crippen molar-refractivity contribution in [1.82, 2.24) is 10.2 Å². The maximum Gasteiger partial charge on any atom is 0.417 e. The maximum atomic E-state index is 14.1. The molecular formula is C30H33ClF3N3O4S. The Labute approximate surface area is 249 Å². The fourth-order valence-corrected chi connectivity index (χ4v) is 6.06. The van der Waals surface area contributed by atoms with E-state index in [1.54, 1.807) is 39.0 Å². The Balaban J connectivity index is 2.15. The molecule has 1 atom stereocenters. The molecule has 42 heavy (non-hydrogen) atoms. The van der Waals surface area contributed by atoms with Crippen molar-refractivity contribution in [3.63, 3.8) is 0 Å². The van der Waals surface area contributed by atoms with Crippen LogP contribution < -0.4 is 9.62 Å². The van der Waals surface area contributed by atoms with Crippen molar-refractivity contribution in [1.29, 1.82) is 0 Å². The molecule has 0 radical (unpaired) electrons. The normalized spacial score (nSPS) is 12.6. The zero-order valence-electron chi connectivity index (χ0n) is 23.7. The molecule has 0 aromatic heterocycles. The number of rotatable bonds is 11. The molecule has 0 saturated heterocycles. The fraction of sp³-hybridized carbons (Fsp3) is 0.333. The summed E-state index contributed by atoms with van der Waals surface area (Å²) in [5, 5.41) is 2.18. The van der Waals surface area contributed by atoms with E-state index in [0.29, 0.717) is 10.4 Å². The van der Waals surface area contributed by atoms with E-state index in [4.69, 9.17) is 11.6 Å². The van der Waals surface area contributed by atoms with Crippen LogP contribution in [0.25, 0.3) is 0 Å². The second-order valence-corrected chi connectivity index (χ2v) is 12.3. The Morgan fingerprint density at radius 3 is 2.17 bits per heavy atom. The predicted octanol–water partition coefficient (Wildman–Crippen LogP) is 6.19. The first kappa shape index (κ1) is 32.9. The Bertz CT molecular complexity index is 1520. The third-order valence-corrected chi connectivity index (χ3v) is 8.69.